The van der Waals surface area contributed by atoms with Crippen LogP contribution < -0.4 is 0 Å². The number of carbonyl (C=O) groups is 1. The lowest BCUT2D eigenvalue weighted by Crippen LogP contribution is -2.47. The van der Waals surface area contributed by atoms with Gasteiger partial charge in [0.1, 0.15) is 0 Å². The van der Waals surface area contributed by atoms with E-state index in [0.29, 0.717) is 23.6 Å². The van der Waals surface area contributed by atoms with E-state index in [4.69, 9.17) is 11.6 Å². The summed E-state index contributed by atoms with van der Waals surface area (Å²) >= 11 is 5.86. The molecule has 1 saturated heterocycles. The number of rotatable bonds is 4. The van der Waals surface area contributed by atoms with Gasteiger partial charge in [0.15, 0.2) is 5.78 Å². The fraction of sp³-hybridized carbons (Fsp3) is 0.278. The Balaban J connectivity index is 1.94. The van der Waals surface area contributed by atoms with Crippen LogP contribution in [0.4, 0.5) is 0 Å². The summed E-state index contributed by atoms with van der Waals surface area (Å²) in [6.07, 6.45) is 2.10. The third-order valence-electron chi connectivity index (χ3n) is 4.15. The van der Waals surface area contributed by atoms with E-state index in [1.54, 1.807) is 42.5 Å². The number of halogens is 1. The summed E-state index contributed by atoms with van der Waals surface area (Å²) in [6, 6.07) is 15.1. The molecule has 4 nitrogen and oxygen atoms in total. The Bertz CT molecular complexity index is 819. The molecule has 2 aromatic carbocycles. The van der Waals surface area contributed by atoms with Crippen LogP contribution in [0.1, 0.15) is 29.6 Å². The van der Waals surface area contributed by atoms with E-state index in [1.165, 1.54) is 10.4 Å². The van der Waals surface area contributed by atoms with Gasteiger partial charge in [-0.2, -0.15) is 4.31 Å². The average molecular weight is 363 g/mol. The molecular formula is C18H17ClNO3S. The molecule has 2 aromatic rings. The molecule has 0 aliphatic carbocycles. The fourth-order valence-electron chi connectivity index (χ4n) is 2.92. The van der Waals surface area contributed by atoms with Crippen molar-refractivity contribution in [1.82, 2.24) is 4.31 Å². The highest BCUT2D eigenvalue weighted by Gasteiger charge is 2.37. The van der Waals surface area contributed by atoms with Crippen LogP contribution >= 0.6 is 11.6 Å². The number of hydrogen-bond acceptors (Lipinski definition) is 3. The molecule has 1 atom stereocenters. The molecule has 1 aliphatic heterocycles. The first-order valence-corrected chi connectivity index (χ1v) is 9.60. The van der Waals surface area contributed by atoms with Crippen molar-refractivity contribution in [2.45, 2.75) is 30.2 Å². The molecule has 24 heavy (non-hydrogen) atoms. The minimum atomic E-state index is -3.74. The third kappa shape index (κ3) is 3.38. The first kappa shape index (κ1) is 17.1. The normalized spacial score (nSPS) is 19.1. The summed E-state index contributed by atoms with van der Waals surface area (Å²) in [6.45, 7) is 0.342. The Morgan fingerprint density at radius 3 is 2.54 bits per heavy atom. The predicted molar refractivity (Wildman–Crippen MR) is 92.6 cm³/mol. The molecule has 0 aromatic heterocycles. The Morgan fingerprint density at radius 1 is 1.12 bits per heavy atom. The third-order valence-corrected chi connectivity index (χ3v) is 6.27. The van der Waals surface area contributed by atoms with Gasteiger partial charge >= 0.3 is 0 Å². The Morgan fingerprint density at radius 2 is 1.88 bits per heavy atom. The van der Waals surface area contributed by atoms with E-state index in [1.807, 2.05) is 0 Å². The van der Waals surface area contributed by atoms with Gasteiger partial charge in [0.05, 0.1) is 10.9 Å². The molecule has 3 rings (SSSR count). The molecule has 0 amide bonds. The van der Waals surface area contributed by atoms with Crippen molar-refractivity contribution in [1.29, 1.82) is 0 Å². The lowest BCUT2D eigenvalue weighted by atomic mass is 9.96. The van der Waals surface area contributed by atoms with Crippen LogP contribution in [0.2, 0.25) is 5.02 Å². The van der Waals surface area contributed by atoms with E-state index in [-0.39, 0.29) is 10.7 Å². The molecular weight excluding hydrogens is 346 g/mol. The number of ketones is 1. The predicted octanol–water partition coefficient (Wildman–Crippen LogP) is 3.57. The zero-order valence-electron chi connectivity index (χ0n) is 13.0. The number of hydrogen-bond donors (Lipinski definition) is 0. The number of piperidine rings is 1. The van der Waals surface area contributed by atoms with E-state index in [2.05, 4.69) is 6.07 Å². The van der Waals surface area contributed by atoms with Gasteiger partial charge < -0.3 is 0 Å². The van der Waals surface area contributed by atoms with Gasteiger partial charge in [0, 0.05) is 23.2 Å². The van der Waals surface area contributed by atoms with Gasteiger partial charge in [0.2, 0.25) is 10.0 Å². The second-order valence-corrected chi connectivity index (χ2v) is 8.02. The second-order valence-electron chi connectivity index (χ2n) is 5.73. The Hall–Kier alpha value is -1.69. The number of benzene rings is 2. The van der Waals surface area contributed by atoms with Gasteiger partial charge in [-0.15, -0.1) is 0 Å². The molecule has 1 heterocycles. The van der Waals surface area contributed by atoms with Gasteiger partial charge in [-0.3, -0.25) is 4.79 Å². The maximum atomic E-state index is 12.9. The van der Waals surface area contributed by atoms with Crippen LogP contribution in [0.15, 0.2) is 53.4 Å². The SMILES string of the molecule is O=C(c1ccc(Cl)cc1)C1CCCCN1S(=O)(=O)c1[c]cccc1. The van der Waals surface area contributed by atoms with E-state index in [9.17, 15) is 13.2 Å². The smallest absolute Gasteiger partial charge is 0.244 e. The average Bonchev–Trinajstić information content (AvgIpc) is 2.62. The minimum absolute atomic E-state index is 0.0980. The maximum Gasteiger partial charge on any atom is 0.244 e. The van der Waals surface area contributed by atoms with Crippen molar-refractivity contribution in [3.63, 3.8) is 0 Å². The van der Waals surface area contributed by atoms with E-state index in [0.717, 1.165) is 12.8 Å². The highest BCUT2D eigenvalue weighted by atomic mass is 35.5. The summed E-state index contributed by atoms with van der Waals surface area (Å²) in [5.41, 5.74) is 0.476. The molecule has 1 radical (unpaired) electrons. The number of nitrogens with zero attached hydrogens (tertiary/aromatic N) is 1. The van der Waals surface area contributed by atoms with Crippen LogP contribution in [0, 0.1) is 6.07 Å². The highest BCUT2D eigenvalue weighted by molar-refractivity contribution is 7.89. The van der Waals surface area contributed by atoms with Crippen LogP contribution in [0.3, 0.4) is 0 Å². The monoisotopic (exact) mass is 362 g/mol. The molecule has 1 fully saturated rings. The van der Waals surface area contributed by atoms with Crippen molar-refractivity contribution in [2.75, 3.05) is 6.54 Å². The van der Waals surface area contributed by atoms with Crippen LogP contribution in [0.5, 0.6) is 0 Å². The van der Waals surface area contributed by atoms with Crippen LogP contribution in [0.25, 0.3) is 0 Å². The molecule has 0 saturated carbocycles. The molecule has 0 spiro atoms. The molecule has 6 heteroatoms. The summed E-state index contributed by atoms with van der Waals surface area (Å²) in [7, 11) is -3.74. The van der Waals surface area contributed by atoms with Gasteiger partial charge in [0.25, 0.3) is 0 Å². The Labute approximate surface area is 147 Å². The lowest BCUT2D eigenvalue weighted by molar-refractivity contribution is 0.0861. The number of carbonyl (C=O) groups excluding carboxylic acids is 1. The van der Waals surface area contributed by atoms with Crippen LogP contribution in [-0.4, -0.2) is 31.1 Å². The first-order valence-electron chi connectivity index (χ1n) is 7.78. The first-order chi connectivity index (χ1) is 11.5. The van der Waals surface area contributed by atoms with Crippen molar-refractivity contribution < 1.29 is 13.2 Å². The zero-order valence-corrected chi connectivity index (χ0v) is 14.6. The van der Waals surface area contributed by atoms with E-state index < -0.39 is 16.1 Å². The number of sulfonamides is 1. The summed E-state index contributed by atoms with van der Waals surface area (Å²) in [5, 5.41) is 0.540. The summed E-state index contributed by atoms with van der Waals surface area (Å²) < 4.78 is 27.1. The fourth-order valence-corrected chi connectivity index (χ4v) is 4.68. The molecule has 0 N–H and O–H groups in total. The zero-order chi connectivity index (χ0) is 17.2. The van der Waals surface area contributed by atoms with Crippen LogP contribution in [-0.2, 0) is 10.0 Å². The quantitative estimate of drug-likeness (QED) is 0.781. The topological polar surface area (TPSA) is 54.5 Å². The molecule has 0 bridgehead atoms. The molecule has 1 aliphatic rings. The van der Waals surface area contributed by atoms with Gasteiger partial charge in [-0.1, -0.05) is 36.2 Å². The highest BCUT2D eigenvalue weighted by Crippen LogP contribution is 2.27. The Kier molecular flexibility index (Phi) is 5.04. The van der Waals surface area contributed by atoms with Crippen molar-refractivity contribution in [2.24, 2.45) is 0 Å². The largest absolute Gasteiger partial charge is 0.292 e. The van der Waals surface area contributed by atoms with Crippen molar-refractivity contribution in [3.8, 4) is 0 Å². The van der Waals surface area contributed by atoms with Crippen molar-refractivity contribution in [3.05, 3.63) is 65.2 Å². The standard InChI is InChI=1S/C18H17ClNO3S/c19-15-11-9-14(10-12-15)18(21)17-8-4-5-13-20(17)24(22,23)16-6-2-1-3-7-16/h1-3,6,9-12,17H,4-5,8,13H2. The second kappa shape index (κ2) is 7.05. The van der Waals surface area contributed by atoms with Gasteiger partial charge in [-0.05, 0) is 43.2 Å². The lowest BCUT2D eigenvalue weighted by Gasteiger charge is -2.33. The summed E-state index contributed by atoms with van der Waals surface area (Å²) in [5.74, 6) is -0.189. The molecule has 1 unspecified atom stereocenters. The van der Waals surface area contributed by atoms with Gasteiger partial charge in [-0.25, -0.2) is 8.42 Å². The van der Waals surface area contributed by atoms with E-state index >= 15 is 0 Å². The minimum Gasteiger partial charge on any atom is -0.292 e. The van der Waals surface area contributed by atoms with Crippen molar-refractivity contribution >= 4 is 27.4 Å². The summed E-state index contributed by atoms with van der Waals surface area (Å²) in [4.78, 5) is 12.9. The number of Topliss-reactive ketones (excluding diaryl/α,β-unsaturated/α-hetero) is 1. The molecule has 125 valence electrons. The maximum absolute atomic E-state index is 12.9.